The van der Waals surface area contributed by atoms with E-state index in [0.29, 0.717) is 25.7 Å². The summed E-state index contributed by atoms with van der Waals surface area (Å²) in [5.41, 5.74) is 0. The Balaban J connectivity index is 4.81. The van der Waals surface area contributed by atoms with E-state index in [9.17, 15) is 19.8 Å². The number of carbonyl (C=O) groups is 2. The Morgan fingerprint density at radius 3 is 1.23 bits per heavy atom. The van der Waals surface area contributed by atoms with Crippen LogP contribution in [-0.4, -0.2) is 46.9 Å². The van der Waals surface area contributed by atoms with Gasteiger partial charge in [0.15, 0.2) is 0 Å². The van der Waals surface area contributed by atoms with Gasteiger partial charge in [0, 0.05) is 6.42 Å². The number of aliphatic hydroxyl groups is 2. The monoisotopic (exact) mass is 890 g/mol. The number of hydrogen-bond donors (Lipinski definition) is 3. The molecule has 0 aliphatic carbocycles. The highest BCUT2D eigenvalue weighted by atomic mass is 16.5. The van der Waals surface area contributed by atoms with Crippen molar-refractivity contribution in [2.24, 2.45) is 0 Å². The van der Waals surface area contributed by atoms with Crippen molar-refractivity contribution in [1.29, 1.82) is 0 Å². The molecule has 64 heavy (non-hydrogen) atoms. The molecule has 0 aliphatic heterocycles. The molecule has 0 bridgehead atoms. The van der Waals surface area contributed by atoms with Crippen molar-refractivity contribution in [2.75, 3.05) is 6.61 Å². The average molecular weight is 890 g/mol. The van der Waals surface area contributed by atoms with E-state index in [1.165, 1.54) is 103 Å². The third-order valence-electron chi connectivity index (χ3n) is 11.4. The van der Waals surface area contributed by atoms with Crippen LogP contribution in [0.2, 0.25) is 0 Å². The van der Waals surface area contributed by atoms with Crippen molar-refractivity contribution in [3.63, 3.8) is 0 Å². The Morgan fingerprint density at radius 2 is 0.812 bits per heavy atom. The van der Waals surface area contributed by atoms with Crippen molar-refractivity contribution < 1.29 is 24.5 Å². The maximum atomic E-state index is 13.2. The lowest BCUT2D eigenvalue weighted by Crippen LogP contribution is -2.46. The molecule has 0 heterocycles. The molecule has 366 valence electrons. The molecule has 0 spiro atoms. The summed E-state index contributed by atoms with van der Waals surface area (Å²) in [5.74, 6) is -0.602. The zero-order valence-electron chi connectivity index (χ0n) is 41.6. The molecule has 6 heteroatoms. The van der Waals surface area contributed by atoms with Crippen LogP contribution in [-0.2, 0) is 14.3 Å². The van der Waals surface area contributed by atoms with E-state index in [4.69, 9.17) is 4.74 Å². The molecule has 0 radical (unpaired) electrons. The molecule has 0 aromatic heterocycles. The number of unbranched alkanes of at least 4 members (excludes halogenated alkanes) is 18. The maximum absolute atomic E-state index is 13.2. The first-order valence-corrected chi connectivity index (χ1v) is 26.5. The lowest BCUT2D eigenvalue weighted by atomic mass is 10.0. The van der Waals surface area contributed by atoms with Gasteiger partial charge >= 0.3 is 5.97 Å². The van der Waals surface area contributed by atoms with Gasteiger partial charge in [-0.05, 0) is 103 Å². The second-order valence-electron chi connectivity index (χ2n) is 17.6. The van der Waals surface area contributed by atoms with Crippen LogP contribution >= 0.6 is 0 Å². The van der Waals surface area contributed by atoms with E-state index < -0.39 is 18.2 Å². The summed E-state index contributed by atoms with van der Waals surface area (Å²) in [6.45, 7) is 6.38. The fourth-order valence-electron chi connectivity index (χ4n) is 7.35. The predicted molar refractivity (Wildman–Crippen MR) is 277 cm³/mol. The van der Waals surface area contributed by atoms with Crippen LogP contribution in [0, 0.1) is 0 Å². The lowest BCUT2D eigenvalue weighted by Gasteiger charge is -2.24. The Labute approximate surface area is 395 Å². The number of esters is 1. The minimum absolute atomic E-state index is 0.0131. The van der Waals surface area contributed by atoms with Crippen molar-refractivity contribution in [3.05, 3.63) is 97.2 Å². The van der Waals surface area contributed by atoms with Crippen LogP contribution in [0.4, 0.5) is 0 Å². The SMILES string of the molecule is CCCCC/C=C\C/C=C\C/C=C\C/C=C\CCCC(=O)OC(CCC/C=C\C/C=C\C/C=C\C/C=C\CCCCC)CC(=O)NC(CO)C(O)CCCCCCCCCCCCC. The number of hydrogen-bond acceptors (Lipinski definition) is 5. The van der Waals surface area contributed by atoms with Gasteiger partial charge in [0.1, 0.15) is 6.10 Å². The van der Waals surface area contributed by atoms with Crippen molar-refractivity contribution >= 4 is 11.9 Å². The van der Waals surface area contributed by atoms with E-state index in [1.807, 2.05) is 0 Å². The smallest absolute Gasteiger partial charge is 0.306 e. The number of carbonyl (C=O) groups excluding carboxylic acids is 2. The standard InChI is InChI=1S/C58H99NO5/c1-4-7-10-13-16-19-22-24-26-28-30-32-35-37-40-43-46-49-54(52-57(62)59-55(53-60)56(61)50-47-44-41-38-34-21-18-15-12-9-6-3)64-58(63)51-48-45-42-39-36-33-31-29-27-25-23-20-17-14-11-8-5-2/h16-17,19-20,24-27,30-33,37,39-40,42,54-56,60-61H,4-15,18,21-23,28-29,34-36,38,41,43-53H2,1-3H3,(H,59,62)/b19-16-,20-17-,26-24-,27-25-,32-30-,33-31-,40-37-,42-39-. The molecule has 0 fully saturated rings. The van der Waals surface area contributed by atoms with Gasteiger partial charge < -0.3 is 20.3 Å². The number of allylic oxidation sites excluding steroid dienone is 16. The molecular formula is C58H99NO5. The first kappa shape index (κ1) is 60.8. The molecule has 3 N–H and O–H groups in total. The number of ether oxygens (including phenoxy) is 1. The zero-order chi connectivity index (χ0) is 46.7. The molecule has 0 aromatic rings. The molecule has 0 rings (SSSR count). The molecule has 6 nitrogen and oxygen atoms in total. The number of nitrogens with one attached hydrogen (secondary N) is 1. The van der Waals surface area contributed by atoms with E-state index >= 15 is 0 Å². The summed E-state index contributed by atoms with van der Waals surface area (Å²) in [6, 6.07) is -0.735. The summed E-state index contributed by atoms with van der Waals surface area (Å²) in [4.78, 5) is 26.1. The summed E-state index contributed by atoms with van der Waals surface area (Å²) >= 11 is 0. The Morgan fingerprint density at radius 1 is 0.453 bits per heavy atom. The highest BCUT2D eigenvalue weighted by Gasteiger charge is 2.24. The number of amides is 1. The summed E-state index contributed by atoms with van der Waals surface area (Å²) < 4.78 is 5.88. The van der Waals surface area contributed by atoms with Gasteiger partial charge in [-0.1, -0.05) is 214 Å². The van der Waals surface area contributed by atoms with Gasteiger partial charge in [-0.15, -0.1) is 0 Å². The molecule has 1 amide bonds. The highest BCUT2D eigenvalue weighted by molar-refractivity contribution is 5.77. The van der Waals surface area contributed by atoms with Gasteiger partial charge in [-0.3, -0.25) is 9.59 Å². The molecule has 0 saturated heterocycles. The fourth-order valence-corrected chi connectivity index (χ4v) is 7.35. The molecule has 3 atom stereocenters. The largest absolute Gasteiger partial charge is 0.462 e. The van der Waals surface area contributed by atoms with Crippen molar-refractivity contribution in [2.45, 2.75) is 251 Å². The van der Waals surface area contributed by atoms with Gasteiger partial charge in [-0.2, -0.15) is 0 Å². The fraction of sp³-hybridized carbons (Fsp3) is 0.690. The van der Waals surface area contributed by atoms with Crippen LogP contribution in [0.5, 0.6) is 0 Å². The summed E-state index contributed by atoms with van der Waals surface area (Å²) in [7, 11) is 0. The lowest BCUT2D eigenvalue weighted by molar-refractivity contribution is -0.151. The minimum atomic E-state index is -0.816. The Kier molecular flexibility index (Phi) is 48.2. The maximum Gasteiger partial charge on any atom is 0.306 e. The molecular weight excluding hydrogens is 791 g/mol. The van der Waals surface area contributed by atoms with Gasteiger partial charge in [-0.25, -0.2) is 0 Å². The molecule has 0 aromatic carbocycles. The predicted octanol–water partition coefficient (Wildman–Crippen LogP) is 16.1. The highest BCUT2D eigenvalue weighted by Crippen LogP contribution is 2.16. The third kappa shape index (κ3) is 45.4. The van der Waals surface area contributed by atoms with Crippen LogP contribution in [0.1, 0.15) is 233 Å². The summed E-state index contributed by atoms with van der Waals surface area (Å²) in [6.07, 6.45) is 67.5. The average Bonchev–Trinajstić information content (AvgIpc) is 3.29. The van der Waals surface area contributed by atoms with Crippen LogP contribution in [0.15, 0.2) is 97.2 Å². The quantitative estimate of drug-likeness (QED) is 0.0321. The van der Waals surface area contributed by atoms with Crippen LogP contribution in [0.3, 0.4) is 0 Å². The minimum Gasteiger partial charge on any atom is -0.462 e. The van der Waals surface area contributed by atoms with Crippen molar-refractivity contribution in [1.82, 2.24) is 5.32 Å². The first-order valence-electron chi connectivity index (χ1n) is 26.5. The number of rotatable bonds is 46. The van der Waals surface area contributed by atoms with Crippen LogP contribution < -0.4 is 5.32 Å². The van der Waals surface area contributed by atoms with Gasteiger partial charge in [0.05, 0.1) is 25.2 Å². The molecule has 0 saturated carbocycles. The normalized spacial score (nSPS) is 14.0. The third-order valence-corrected chi connectivity index (χ3v) is 11.4. The van der Waals surface area contributed by atoms with Crippen LogP contribution in [0.25, 0.3) is 0 Å². The second-order valence-corrected chi connectivity index (χ2v) is 17.6. The molecule has 3 unspecified atom stereocenters. The van der Waals surface area contributed by atoms with Gasteiger partial charge in [0.25, 0.3) is 0 Å². The topological polar surface area (TPSA) is 95.9 Å². The van der Waals surface area contributed by atoms with E-state index in [1.54, 1.807) is 0 Å². The Bertz CT molecular complexity index is 1270. The second kappa shape index (κ2) is 50.8. The van der Waals surface area contributed by atoms with Gasteiger partial charge in [0.2, 0.25) is 5.91 Å². The van der Waals surface area contributed by atoms with E-state index in [2.05, 4.69) is 123 Å². The first-order chi connectivity index (χ1) is 31.5. The molecule has 0 aliphatic rings. The van der Waals surface area contributed by atoms with Crippen molar-refractivity contribution in [3.8, 4) is 0 Å². The zero-order valence-corrected chi connectivity index (χ0v) is 41.6. The van der Waals surface area contributed by atoms with E-state index in [-0.39, 0.29) is 24.9 Å². The number of aliphatic hydroxyl groups excluding tert-OH is 2. The summed E-state index contributed by atoms with van der Waals surface area (Å²) in [5, 5.41) is 23.7. The Hall–Kier alpha value is -3.22. The van der Waals surface area contributed by atoms with E-state index in [0.717, 1.165) is 77.0 Å².